The number of allylic oxidation sites excluding steroid dienone is 10. The van der Waals surface area contributed by atoms with Crippen molar-refractivity contribution in [3.63, 3.8) is 0 Å². The summed E-state index contributed by atoms with van der Waals surface area (Å²) in [6, 6.07) is 0. The molecule has 0 aliphatic rings. The second kappa shape index (κ2) is 56.7. The van der Waals surface area contributed by atoms with Gasteiger partial charge in [0.2, 0.25) is 0 Å². The first-order valence-electron chi connectivity index (χ1n) is 29.3. The van der Waals surface area contributed by atoms with E-state index in [2.05, 4.69) is 81.5 Å². The molecule has 0 aromatic heterocycles. The van der Waals surface area contributed by atoms with E-state index >= 15 is 0 Å². The Bertz CT molecular complexity index is 1230. The van der Waals surface area contributed by atoms with Gasteiger partial charge in [-0.3, -0.25) is 14.4 Å². The minimum atomic E-state index is -0.788. The normalized spacial score (nSPS) is 12.5. The molecule has 1 unspecified atom stereocenters. The number of rotatable bonds is 53. The molecule has 0 saturated carbocycles. The highest BCUT2D eigenvalue weighted by atomic mass is 16.6. The van der Waals surface area contributed by atoms with Gasteiger partial charge < -0.3 is 14.2 Å². The monoisotopic (exact) mass is 951 g/mol. The number of unbranched alkanes of at least 4 members (excludes halogenated alkanes) is 32. The molecule has 0 aliphatic carbocycles. The first kappa shape index (κ1) is 65.1. The third-order valence-corrected chi connectivity index (χ3v) is 12.7. The standard InChI is InChI=1S/C62H110O6/c1-4-7-10-13-16-19-22-25-28-30-31-32-35-37-40-43-46-49-52-55-61(64)67-58-59(57-66-60(63)54-51-48-45-42-39-36-33-27-24-21-18-15-12-9-6-3)68-62(65)56-53-50-47-44-41-38-34-29-26-23-20-17-14-11-8-5-2/h18,20-21,23,25,27-29,33-34,59H,4-17,19,22,24,26,30-32,35-58H2,1-3H3/b21-18-,23-20-,28-25-,33-27-,34-29-. The highest BCUT2D eigenvalue weighted by Gasteiger charge is 2.19. The Morgan fingerprint density at radius 2 is 0.529 bits per heavy atom. The predicted molar refractivity (Wildman–Crippen MR) is 293 cm³/mol. The van der Waals surface area contributed by atoms with Crippen LogP contribution in [0.5, 0.6) is 0 Å². The van der Waals surface area contributed by atoms with Crippen LogP contribution in [0.25, 0.3) is 0 Å². The van der Waals surface area contributed by atoms with Crippen molar-refractivity contribution in [2.24, 2.45) is 0 Å². The molecule has 0 aromatic carbocycles. The highest BCUT2D eigenvalue weighted by Crippen LogP contribution is 2.15. The van der Waals surface area contributed by atoms with Crippen LogP contribution in [-0.2, 0) is 28.6 Å². The van der Waals surface area contributed by atoms with Crippen LogP contribution in [0.4, 0.5) is 0 Å². The molecule has 6 heteroatoms. The molecule has 0 radical (unpaired) electrons. The van der Waals surface area contributed by atoms with E-state index in [1.165, 1.54) is 154 Å². The van der Waals surface area contributed by atoms with Crippen molar-refractivity contribution < 1.29 is 28.6 Å². The quantitative estimate of drug-likeness (QED) is 0.0262. The maximum Gasteiger partial charge on any atom is 0.306 e. The Morgan fingerprint density at radius 3 is 0.868 bits per heavy atom. The first-order chi connectivity index (χ1) is 33.5. The zero-order valence-electron chi connectivity index (χ0n) is 45.1. The lowest BCUT2D eigenvalue weighted by Crippen LogP contribution is -2.30. The Balaban J connectivity index is 4.40. The number of ether oxygens (including phenoxy) is 3. The lowest BCUT2D eigenvalue weighted by Gasteiger charge is -2.18. The molecule has 394 valence electrons. The minimum absolute atomic E-state index is 0.0846. The Labute approximate surface area is 421 Å². The molecule has 0 aliphatic heterocycles. The molecule has 0 saturated heterocycles. The molecule has 0 N–H and O–H groups in total. The SMILES string of the molecule is CCCCC/C=C\C/C=C\CCCCCCCC(=O)OCC(COC(=O)CCCCCCCCCCC/C=C\CCCCCCCC)OC(=O)CCCCCCC/C=C\C/C=C\CCCCCC. The fraction of sp³-hybridized carbons (Fsp3) is 0.790. The summed E-state index contributed by atoms with van der Waals surface area (Å²) in [5, 5.41) is 0. The Morgan fingerprint density at radius 1 is 0.294 bits per heavy atom. The maximum absolute atomic E-state index is 12.9. The molecule has 0 amide bonds. The van der Waals surface area contributed by atoms with Crippen molar-refractivity contribution >= 4 is 17.9 Å². The average molecular weight is 952 g/mol. The zero-order chi connectivity index (χ0) is 49.3. The fourth-order valence-electron chi connectivity index (χ4n) is 8.26. The summed E-state index contributed by atoms with van der Waals surface area (Å²) >= 11 is 0. The average Bonchev–Trinajstić information content (AvgIpc) is 3.34. The van der Waals surface area contributed by atoms with Gasteiger partial charge in [0.25, 0.3) is 0 Å². The third-order valence-electron chi connectivity index (χ3n) is 12.7. The second-order valence-electron chi connectivity index (χ2n) is 19.5. The number of carbonyl (C=O) groups excluding carboxylic acids is 3. The van der Waals surface area contributed by atoms with Crippen LogP contribution >= 0.6 is 0 Å². The van der Waals surface area contributed by atoms with E-state index in [-0.39, 0.29) is 31.1 Å². The molecule has 0 rings (SSSR count). The maximum atomic E-state index is 12.9. The molecular weight excluding hydrogens is 841 g/mol. The van der Waals surface area contributed by atoms with Gasteiger partial charge >= 0.3 is 17.9 Å². The predicted octanol–water partition coefficient (Wildman–Crippen LogP) is 19.6. The smallest absolute Gasteiger partial charge is 0.306 e. The van der Waals surface area contributed by atoms with Gasteiger partial charge in [0.1, 0.15) is 13.2 Å². The summed E-state index contributed by atoms with van der Waals surface area (Å²) in [7, 11) is 0. The van der Waals surface area contributed by atoms with Crippen LogP contribution in [-0.4, -0.2) is 37.2 Å². The minimum Gasteiger partial charge on any atom is -0.462 e. The fourth-order valence-corrected chi connectivity index (χ4v) is 8.26. The van der Waals surface area contributed by atoms with Crippen LogP contribution in [0.15, 0.2) is 60.8 Å². The third kappa shape index (κ3) is 54.1. The summed E-state index contributed by atoms with van der Waals surface area (Å²) in [6.45, 7) is 6.59. The van der Waals surface area contributed by atoms with Gasteiger partial charge in [-0.1, -0.05) is 229 Å². The molecular formula is C62H110O6. The molecule has 0 fully saturated rings. The van der Waals surface area contributed by atoms with Gasteiger partial charge in [0, 0.05) is 19.3 Å². The Hall–Kier alpha value is -2.89. The zero-order valence-corrected chi connectivity index (χ0v) is 45.1. The molecule has 1 atom stereocenters. The van der Waals surface area contributed by atoms with Gasteiger partial charge in [0.05, 0.1) is 0 Å². The molecule has 6 nitrogen and oxygen atoms in total. The van der Waals surface area contributed by atoms with Crippen molar-refractivity contribution in [3.8, 4) is 0 Å². The van der Waals surface area contributed by atoms with Crippen molar-refractivity contribution in [1.82, 2.24) is 0 Å². The molecule has 68 heavy (non-hydrogen) atoms. The number of hydrogen-bond donors (Lipinski definition) is 0. The topological polar surface area (TPSA) is 78.9 Å². The van der Waals surface area contributed by atoms with Crippen LogP contribution in [0.1, 0.15) is 297 Å². The van der Waals surface area contributed by atoms with Crippen LogP contribution in [0.2, 0.25) is 0 Å². The van der Waals surface area contributed by atoms with E-state index in [1.807, 2.05) is 0 Å². The molecule has 0 spiro atoms. The second-order valence-corrected chi connectivity index (χ2v) is 19.5. The number of esters is 3. The van der Waals surface area contributed by atoms with Crippen molar-refractivity contribution in [3.05, 3.63) is 60.8 Å². The van der Waals surface area contributed by atoms with E-state index in [0.717, 1.165) is 103 Å². The highest BCUT2D eigenvalue weighted by molar-refractivity contribution is 5.71. The summed E-state index contributed by atoms with van der Waals surface area (Å²) in [5.41, 5.74) is 0. The number of carbonyl (C=O) groups is 3. The molecule has 0 heterocycles. The van der Waals surface area contributed by atoms with Gasteiger partial charge in [0.15, 0.2) is 6.10 Å². The Kier molecular flexibility index (Phi) is 54.3. The summed E-state index contributed by atoms with van der Waals surface area (Å²) in [5.74, 6) is -0.904. The van der Waals surface area contributed by atoms with Gasteiger partial charge in [-0.25, -0.2) is 0 Å². The van der Waals surface area contributed by atoms with E-state index in [1.54, 1.807) is 0 Å². The van der Waals surface area contributed by atoms with Crippen LogP contribution < -0.4 is 0 Å². The first-order valence-corrected chi connectivity index (χ1v) is 29.3. The summed E-state index contributed by atoms with van der Waals surface area (Å²) < 4.78 is 16.9. The van der Waals surface area contributed by atoms with Crippen molar-refractivity contribution in [2.75, 3.05) is 13.2 Å². The van der Waals surface area contributed by atoms with Crippen LogP contribution in [0.3, 0.4) is 0 Å². The van der Waals surface area contributed by atoms with E-state index in [0.29, 0.717) is 19.3 Å². The summed E-state index contributed by atoms with van der Waals surface area (Å²) in [4.78, 5) is 38.2. The van der Waals surface area contributed by atoms with E-state index in [9.17, 15) is 14.4 Å². The van der Waals surface area contributed by atoms with Crippen LogP contribution in [0, 0.1) is 0 Å². The van der Waals surface area contributed by atoms with E-state index in [4.69, 9.17) is 14.2 Å². The largest absolute Gasteiger partial charge is 0.462 e. The van der Waals surface area contributed by atoms with Gasteiger partial charge in [-0.05, 0) is 109 Å². The lowest BCUT2D eigenvalue weighted by atomic mass is 10.1. The van der Waals surface area contributed by atoms with Gasteiger partial charge in [-0.15, -0.1) is 0 Å². The van der Waals surface area contributed by atoms with Gasteiger partial charge in [-0.2, -0.15) is 0 Å². The molecule has 0 bridgehead atoms. The van der Waals surface area contributed by atoms with Crippen molar-refractivity contribution in [2.45, 2.75) is 303 Å². The van der Waals surface area contributed by atoms with Crippen molar-refractivity contribution in [1.29, 1.82) is 0 Å². The van der Waals surface area contributed by atoms with E-state index < -0.39 is 6.10 Å². The number of hydrogen-bond acceptors (Lipinski definition) is 6. The molecule has 0 aromatic rings. The lowest BCUT2D eigenvalue weighted by molar-refractivity contribution is -0.167. The summed E-state index contributed by atoms with van der Waals surface area (Å²) in [6.07, 6.45) is 70.6.